The van der Waals surface area contributed by atoms with Crippen LogP contribution in [-0.2, 0) is 0 Å². The van der Waals surface area contributed by atoms with Crippen molar-refractivity contribution in [3.8, 4) is 0 Å². The molecular weight excluding hydrogens is 244 g/mol. The summed E-state index contributed by atoms with van der Waals surface area (Å²) in [6.45, 7) is 6.43. The highest BCUT2D eigenvalue weighted by molar-refractivity contribution is 5.57. The summed E-state index contributed by atoms with van der Waals surface area (Å²) in [5, 5.41) is 20.2. The largest absolute Gasteiger partial charge is 0.395 e. The van der Waals surface area contributed by atoms with Gasteiger partial charge in [-0.05, 0) is 25.8 Å². The molecule has 0 radical (unpaired) electrons. The average molecular weight is 266 g/mol. The number of hydrogen-bond acceptors (Lipinski definition) is 4. The normalized spacial score (nSPS) is 10.8. The van der Waals surface area contributed by atoms with Crippen LogP contribution < -0.4 is 4.90 Å². The van der Waals surface area contributed by atoms with Gasteiger partial charge in [-0.3, -0.25) is 10.1 Å². The molecule has 106 valence electrons. The van der Waals surface area contributed by atoms with Crippen molar-refractivity contribution in [3.05, 3.63) is 33.9 Å². The highest BCUT2D eigenvalue weighted by atomic mass is 16.6. The van der Waals surface area contributed by atoms with E-state index in [1.165, 1.54) is 0 Å². The molecule has 0 spiro atoms. The maximum atomic E-state index is 11.0. The van der Waals surface area contributed by atoms with Crippen molar-refractivity contribution in [2.24, 2.45) is 0 Å². The number of nitro groups is 1. The fraction of sp³-hybridized carbons (Fsp3) is 0.571. The number of aliphatic hydroxyl groups excluding tert-OH is 1. The summed E-state index contributed by atoms with van der Waals surface area (Å²) < 4.78 is 0. The lowest BCUT2D eigenvalue weighted by atomic mass is 10.1. The van der Waals surface area contributed by atoms with Crippen molar-refractivity contribution in [2.45, 2.75) is 39.7 Å². The lowest BCUT2D eigenvalue weighted by molar-refractivity contribution is -0.385. The van der Waals surface area contributed by atoms with Gasteiger partial charge in [-0.2, -0.15) is 0 Å². The second-order valence-corrected chi connectivity index (χ2v) is 4.62. The number of aliphatic hydroxyl groups is 1. The maximum absolute atomic E-state index is 11.0. The first-order valence-corrected chi connectivity index (χ1v) is 6.67. The van der Waals surface area contributed by atoms with Crippen molar-refractivity contribution in [3.63, 3.8) is 0 Å². The highest BCUT2D eigenvalue weighted by Gasteiger charge is 2.19. The molecule has 1 aromatic carbocycles. The molecule has 0 aromatic heterocycles. The van der Waals surface area contributed by atoms with Crippen molar-refractivity contribution in [1.29, 1.82) is 0 Å². The third kappa shape index (κ3) is 3.67. The van der Waals surface area contributed by atoms with E-state index in [2.05, 4.69) is 13.8 Å². The molecule has 1 N–H and O–H groups in total. The molecular formula is C14H22N2O3. The minimum atomic E-state index is -0.358. The van der Waals surface area contributed by atoms with Gasteiger partial charge in [0, 0.05) is 29.9 Å². The second-order valence-electron chi connectivity index (χ2n) is 4.62. The standard InChI is InChI=1S/C14H22N2O3/c1-4-12(5-2)15(8-9-17)13-7-6-11(3)14(10-13)16(18)19/h6-7,10,12,17H,4-5,8-9H2,1-3H3. The van der Waals surface area contributed by atoms with E-state index in [-0.39, 0.29) is 23.3 Å². The summed E-state index contributed by atoms with van der Waals surface area (Å²) in [5.41, 5.74) is 1.59. The number of anilines is 1. The molecule has 0 bridgehead atoms. The van der Waals surface area contributed by atoms with Gasteiger partial charge in [0.15, 0.2) is 0 Å². The van der Waals surface area contributed by atoms with Crippen LogP contribution in [0.25, 0.3) is 0 Å². The first-order valence-electron chi connectivity index (χ1n) is 6.67. The van der Waals surface area contributed by atoms with Gasteiger partial charge in [0.2, 0.25) is 0 Å². The first-order chi connectivity index (χ1) is 9.04. The molecule has 0 aliphatic rings. The van der Waals surface area contributed by atoms with E-state index in [0.717, 1.165) is 18.5 Å². The van der Waals surface area contributed by atoms with Gasteiger partial charge in [-0.25, -0.2) is 0 Å². The molecule has 1 aromatic rings. The van der Waals surface area contributed by atoms with Crippen LogP contribution in [0.15, 0.2) is 18.2 Å². The van der Waals surface area contributed by atoms with Gasteiger partial charge in [0.1, 0.15) is 0 Å². The fourth-order valence-electron chi connectivity index (χ4n) is 2.33. The van der Waals surface area contributed by atoms with E-state index < -0.39 is 0 Å². The molecule has 5 nitrogen and oxygen atoms in total. The van der Waals surface area contributed by atoms with E-state index in [1.807, 2.05) is 11.0 Å². The van der Waals surface area contributed by atoms with Crippen LogP contribution in [-0.4, -0.2) is 29.2 Å². The Balaban J connectivity index is 3.15. The van der Waals surface area contributed by atoms with E-state index in [4.69, 9.17) is 0 Å². The Kier molecular flexibility index (Phi) is 5.76. The first kappa shape index (κ1) is 15.4. The highest BCUT2D eigenvalue weighted by Crippen LogP contribution is 2.27. The maximum Gasteiger partial charge on any atom is 0.274 e. The summed E-state index contributed by atoms with van der Waals surface area (Å²) in [6, 6.07) is 5.54. The monoisotopic (exact) mass is 266 g/mol. The number of hydrogen-bond donors (Lipinski definition) is 1. The van der Waals surface area contributed by atoms with Crippen molar-refractivity contribution in [1.82, 2.24) is 0 Å². The SMILES string of the molecule is CCC(CC)N(CCO)c1ccc(C)c([N+](=O)[O-])c1. The number of nitrogens with zero attached hydrogens (tertiary/aromatic N) is 2. The molecule has 0 amide bonds. The zero-order valence-electron chi connectivity index (χ0n) is 11.8. The lowest BCUT2D eigenvalue weighted by Gasteiger charge is -2.32. The van der Waals surface area contributed by atoms with Crippen LogP contribution in [0.2, 0.25) is 0 Å². The zero-order chi connectivity index (χ0) is 14.4. The third-order valence-electron chi connectivity index (χ3n) is 3.45. The number of aryl methyl sites for hydroxylation is 1. The molecule has 0 fully saturated rings. The van der Waals surface area contributed by atoms with Crippen LogP contribution in [0.3, 0.4) is 0 Å². The summed E-state index contributed by atoms with van der Waals surface area (Å²) in [7, 11) is 0. The Morgan fingerprint density at radius 3 is 2.47 bits per heavy atom. The Morgan fingerprint density at radius 1 is 1.37 bits per heavy atom. The second kappa shape index (κ2) is 7.09. The van der Waals surface area contributed by atoms with Crippen LogP contribution >= 0.6 is 0 Å². The molecule has 5 heteroatoms. The number of nitro benzene ring substituents is 1. The van der Waals surface area contributed by atoms with Gasteiger partial charge in [0.25, 0.3) is 5.69 Å². The Bertz CT molecular complexity index is 431. The van der Waals surface area contributed by atoms with Gasteiger partial charge in [-0.1, -0.05) is 19.9 Å². The molecule has 0 unspecified atom stereocenters. The number of rotatable bonds is 7. The van der Waals surface area contributed by atoms with Gasteiger partial charge in [-0.15, -0.1) is 0 Å². The predicted octanol–water partition coefficient (Wildman–Crippen LogP) is 2.89. The molecule has 0 atom stereocenters. The molecule has 0 aliphatic carbocycles. The van der Waals surface area contributed by atoms with Crippen molar-refractivity contribution < 1.29 is 10.0 Å². The third-order valence-corrected chi connectivity index (χ3v) is 3.45. The fourth-order valence-corrected chi connectivity index (χ4v) is 2.33. The minimum Gasteiger partial charge on any atom is -0.395 e. The van der Waals surface area contributed by atoms with E-state index >= 15 is 0 Å². The molecule has 1 rings (SSSR count). The van der Waals surface area contributed by atoms with E-state index in [9.17, 15) is 15.2 Å². The molecule has 0 heterocycles. The smallest absolute Gasteiger partial charge is 0.274 e. The van der Waals surface area contributed by atoms with E-state index in [1.54, 1.807) is 19.1 Å². The Morgan fingerprint density at radius 2 is 2.00 bits per heavy atom. The van der Waals surface area contributed by atoms with Gasteiger partial charge < -0.3 is 10.0 Å². The lowest BCUT2D eigenvalue weighted by Crippen LogP contribution is -2.36. The average Bonchev–Trinajstić information content (AvgIpc) is 2.39. The summed E-state index contributed by atoms with van der Waals surface area (Å²) in [5.74, 6) is 0. The van der Waals surface area contributed by atoms with Crippen molar-refractivity contribution in [2.75, 3.05) is 18.1 Å². The van der Waals surface area contributed by atoms with Crippen LogP contribution in [0.5, 0.6) is 0 Å². The molecule has 19 heavy (non-hydrogen) atoms. The van der Waals surface area contributed by atoms with Crippen LogP contribution in [0.4, 0.5) is 11.4 Å². The molecule has 0 saturated heterocycles. The molecule has 0 saturated carbocycles. The zero-order valence-corrected chi connectivity index (χ0v) is 11.8. The Hall–Kier alpha value is -1.62. The van der Waals surface area contributed by atoms with Crippen LogP contribution in [0.1, 0.15) is 32.3 Å². The quantitative estimate of drug-likeness (QED) is 0.608. The Labute approximate surface area is 114 Å². The van der Waals surface area contributed by atoms with E-state index in [0.29, 0.717) is 12.1 Å². The minimum absolute atomic E-state index is 0.0399. The molecule has 0 aliphatic heterocycles. The topological polar surface area (TPSA) is 66.6 Å². The summed E-state index contributed by atoms with van der Waals surface area (Å²) in [4.78, 5) is 12.7. The van der Waals surface area contributed by atoms with Crippen LogP contribution in [0, 0.1) is 17.0 Å². The van der Waals surface area contributed by atoms with Crippen molar-refractivity contribution >= 4 is 11.4 Å². The summed E-state index contributed by atoms with van der Waals surface area (Å²) in [6.07, 6.45) is 1.89. The van der Waals surface area contributed by atoms with Gasteiger partial charge >= 0.3 is 0 Å². The number of benzene rings is 1. The predicted molar refractivity (Wildman–Crippen MR) is 76.6 cm³/mol. The van der Waals surface area contributed by atoms with Gasteiger partial charge in [0.05, 0.1) is 11.5 Å². The summed E-state index contributed by atoms with van der Waals surface area (Å²) >= 11 is 0.